The molecule has 0 spiro atoms. The number of carbonyl (C=O) groups is 1. The molecule has 1 aliphatic rings. The molecule has 1 aromatic rings. The van der Waals surface area contributed by atoms with Gasteiger partial charge in [-0.1, -0.05) is 15.9 Å². The average molecular weight is 298 g/mol. The molecule has 0 atom stereocenters. The van der Waals surface area contributed by atoms with E-state index in [2.05, 4.69) is 21.2 Å². The predicted molar refractivity (Wildman–Crippen MR) is 71.1 cm³/mol. The van der Waals surface area contributed by atoms with Gasteiger partial charge in [-0.05, 0) is 49.9 Å². The molecule has 0 unspecified atom stereocenters. The summed E-state index contributed by atoms with van der Waals surface area (Å²) in [5.41, 5.74) is 1.10. The number of hydrogen-bond acceptors (Lipinski definition) is 2. The van der Waals surface area contributed by atoms with Crippen LogP contribution in [0.1, 0.15) is 25.7 Å². The third-order valence-corrected chi connectivity index (χ3v) is 3.82. The number of anilines is 1. The zero-order chi connectivity index (χ0) is 12.3. The zero-order valence-electron chi connectivity index (χ0n) is 9.53. The van der Waals surface area contributed by atoms with Crippen LogP contribution in [0.4, 0.5) is 5.69 Å². The van der Waals surface area contributed by atoms with E-state index in [4.69, 9.17) is 5.11 Å². The van der Waals surface area contributed by atoms with Crippen molar-refractivity contribution in [3.63, 3.8) is 0 Å². The van der Waals surface area contributed by atoms with Crippen LogP contribution in [0.25, 0.3) is 0 Å². The van der Waals surface area contributed by atoms with E-state index in [-0.39, 0.29) is 5.92 Å². The number of rotatable bonds is 3. The number of hydrogen-bond donors (Lipinski definition) is 2. The Kier molecular flexibility index (Phi) is 4.05. The largest absolute Gasteiger partial charge is 0.481 e. The highest BCUT2D eigenvalue weighted by molar-refractivity contribution is 9.10. The maximum atomic E-state index is 10.8. The van der Waals surface area contributed by atoms with Crippen molar-refractivity contribution < 1.29 is 9.90 Å². The predicted octanol–water partition coefficient (Wildman–Crippen LogP) is 3.50. The van der Waals surface area contributed by atoms with E-state index >= 15 is 0 Å². The quantitative estimate of drug-likeness (QED) is 0.898. The number of nitrogens with one attached hydrogen (secondary N) is 1. The monoisotopic (exact) mass is 297 g/mol. The Morgan fingerprint density at radius 2 is 1.76 bits per heavy atom. The molecule has 0 bridgehead atoms. The fourth-order valence-corrected chi connectivity index (χ4v) is 2.53. The zero-order valence-corrected chi connectivity index (χ0v) is 11.1. The molecule has 0 saturated heterocycles. The van der Waals surface area contributed by atoms with Gasteiger partial charge in [-0.2, -0.15) is 0 Å². The van der Waals surface area contributed by atoms with Gasteiger partial charge in [0, 0.05) is 16.2 Å². The van der Waals surface area contributed by atoms with Crippen molar-refractivity contribution in [3.05, 3.63) is 28.7 Å². The second-order valence-electron chi connectivity index (χ2n) is 4.54. The fourth-order valence-electron chi connectivity index (χ4n) is 2.27. The van der Waals surface area contributed by atoms with Gasteiger partial charge in [-0.25, -0.2) is 0 Å². The average Bonchev–Trinajstić information content (AvgIpc) is 2.33. The Hall–Kier alpha value is -1.03. The van der Waals surface area contributed by atoms with E-state index in [0.717, 1.165) is 35.8 Å². The van der Waals surface area contributed by atoms with Crippen molar-refractivity contribution in [2.24, 2.45) is 5.92 Å². The molecule has 0 radical (unpaired) electrons. The lowest BCUT2D eigenvalue weighted by molar-refractivity contribution is -0.142. The highest BCUT2D eigenvalue weighted by atomic mass is 79.9. The second kappa shape index (κ2) is 5.54. The third kappa shape index (κ3) is 3.46. The first-order valence-corrected chi connectivity index (χ1v) is 6.69. The standard InChI is InChI=1S/C13H16BrNO2/c14-10-3-7-12(8-4-10)15-11-5-1-9(2-6-11)13(16)17/h3-4,7-9,11,15H,1-2,5-6H2,(H,16,17)/t9-,11-. The van der Waals surface area contributed by atoms with Gasteiger partial charge in [0.15, 0.2) is 0 Å². The van der Waals surface area contributed by atoms with Gasteiger partial charge in [0.2, 0.25) is 0 Å². The smallest absolute Gasteiger partial charge is 0.306 e. The Morgan fingerprint density at radius 1 is 1.18 bits per heavy atom. The Balaban J connectivity index is 1.85. The van der Waals surface area contributed by atoms with Crippen LogP contribution in [0.15, 0.2) is 28.7 Å². The van der Waals surface area contributed by atoms with Gasteiger partial charge in [-0.3, -0.25) is 4.79 Å². The summed E-state index contributed by atoms with van der Waals surface area (Å²) in [4.78, 5) is 10.8. The lowest BCUT2D eigenvalue weighted by atomic mass is 9.86. The molecule has 2 N–H and O–H groups in total. The highest BCUT2D eigenvalue weighted by Gasteiger charge is 2.25. The van der Waals surface area contributed by atoms with Gasteiger partial charge in [0.1, 0.15) is 0 Å². The van der Waals surface area contributed by atoms with Crippen LogP contribution in [-0.4, -0.2) is 17.1 Å². The summed E-state index contributed by atoms with van der Waals surface area (Å²) in [7, 11) is 0. The van der Waals surface area contributed by atoms with E-state index in [9.17, 15) is 4.79 Å². The number of benzene rings is 1. The van der Waals surface area contributed by atoms with Crippen LogP contribution in [0.2, 0.25) is 0 Å². The first kappa shape index (κ1) is 12.4. The molecule has 17 heavy (non-hydrogen) atoms. The van der Waals surface area contributed by atoms with Gasteiger partial charge in [0.25, 0.3) is 0 Å². The summed E-state index contributed by atoms with van der Waals surface area (Å²) >= 11 is 3.40. The SMILES string of the molecule is O=C(O)[C@H]1CC[C@H](Nc2ccc(Br)cc2)CC1. The van der Waals surface area contributed by atoms with Crippen molar-refractivity contribution in [3.8, 4) is 0 Å². The molecule has 1 aromatic carbocycles. The summed E-state index contributed by atoms with van der Waals surface area (Å²) < 4.78 is 1.07. The van der Waals surface area contributed by atoms with E-state index < -0.39 is 5.97 Å². The minimum absolute atomic E-state index is 0.141. The maximum absolute atomic E-state index is 10.8. The lowest BCUT2D eigenvalue weighted by Crippen LogP contribution is -2.29. The maximum Gasteiger partial charge on any atom is 0.306 e. The highest BCUT2D eigenvalue weighted by Crippen LogP contribution is 2.27. The molecule has 0 aliphatic heterocycles. The molecule has 3 nitrogen and oxygen atoms in total. The van der Waals surface area contributed by atoms with Crippen molar-refractivity contribution in [1.29, 1.82) is 0 Å². The summed E-state index contributed by atoms with van der Waals surface area (Å²) in [6.07, 6.45) is 3.44. The summed E-state index contributed by atoms with van der Waals surface area (Å²) in [6, 6.07) is 8.49. The molecule has 1 aliphatic carbocycles. The molecule has 1 saturated carbocycles. The van der Waals surface area contributed by atoms with E-state index in [1.54, 1.807) is 0 Å². The molecule has 4 heteroatoms. The van der Waals surface area contributed by atoms with Crippen molar-refractivity contribution in [2.45, 2.75) is 31.7 Å². The van der Waals surface area contributed by atoms with Gasteiger partial charge in [0.05, 0.1) is 5.92 Å². The number of halogens is 1. The van der Waals surface area contributed by atoms with Crippen LogP contribution in [0.5, 0.6) is 0 Å². The first-order chi connectivity index (χ1) is 8.15. The van der Waals surface area contributed by atoms with E-state index in [0.29, 0.717) is 6.04 Å². The molecule has 0 heterocycles. The van der Waals surface area contributed by atoms with E-state index in [1.807, 2.05) is 24.3 Å². The van der Waals surface area contributed by atoms with Gasteiger partial charge >= 0.3 is 5.97 Å². The normalized spacial score (nSPS) is 24.3. The van der Waals surface area contributed by atoms with Gasteiger partial charge in [-0.15, -0.1) is 0 Å². The molecule has 1 fully saturated rings. The Morgan fingerprint density at radius 3 is 2.29 bits per heavy atom. The third-order valence-electron chi connectivity index (χ3n) is 3.29. The van der Waals surface area contributed by atoms with Crippen LogP contribution < -0.4 is 5.32 Å². The minimum Gasteiger partial charge on any atom is -0.481 e. The molecule has 0 aromatic heterocycles. The van der Waals surface area contributed by atoms with Crippen LogP contribution in [0, 0.1) is 5.92 Å². The van der Waals surface area contributed by atoms with Crippen molar-refractivity contribution in [2.75, 3.05) is 5.32 Å². The van der Waals surface area contributed by atoms with Crippen LogP contribution in [-0.2, 0) is 4.79 Å². The molecular weight excluding hydrogens is 282 g/mol. The molecular formula is C13H16BrNO2. The van der Waals surface area contributed by atoms with Gasteiger partial charge < -0.3 is 10.4 Å². The number of carboxylic acid groups (broad SMARTS) is 1. The van der Waals surface area contributed by atoms with Crippen LogP contribution in [0.3, 0.4) is 0 Å². The van der Waals surface area contributed by atoms with Crippen LogP contribution >= 0.6 is 15.9 Å². The van der Waals surface area contributed by atoms with E-state index in [1.165, 1.54) is 0 Å². The Bertz CT molecular complexity index is 383. The topological polar surface area (TPSA) is 49.3 Å². The second-order valence-corrected chi connectivity index (χ2v) is 5.45. The molecule has 92 valence electrons. The molecule has 0 amide bonds. The Labute approximate surface area is 109 Å². The van der Waals surface area contributed by atoms with Crippen molar-refractivity contribution >= 4 is 27.6 Å². The molecule has 2 rings (SSSR count). The first-order valence-electron chi connectivity index (χ1n) is 5.90. The fraction of sp³-hybridized carbons (Fsp3) is 0.462. The summed E-state index contributed by atoms with van der Waals surface area (Å²) in [5, 5.41) is 12.4. The minimum atomic E-state index is -0.646. The summed E-state index contributed by atoms with van der Waals surface area (Å²) in [6.45, 7) is 0. The number of aliphatic carboxylic acids is 1. The number of carboxylic acids is 1. The van der Waals surface area contributed by atoms with Crippen molar-refractivity contribution in [1.82, 2.24) is 0 Å². The lowest BCUT2D eigenvalue weighted by Gasteiger charge is -2.27. The summed E-state index contributed by atoms with van der Waals surface area (Å²) in [5.74, 6) is -0.787.